The summed E-state index contributed by atoms with van der Waals surface area (Å²) in [4.78, 5) is 15.5. The maximum atomic E-state index is 11.3. The lowest BCUT2D eigenvalue weighted by Crippen LogP contribution is -2.16. The maximum Gasteiger partial charge on any atom is 0.325 e. The Morgan fingerprint density at radius 1 is 1.35 bits per heavy atom. The molecule has 17 heavy (non-hydrogen) atoms. The number of hydrogen-bond acceptors (Lipinski definition) is 4. The molecule has 1 heterocycles. The van der Waals surface area contributed by atoms with Gasteiger partial charge in [0.15, 0.2) is 0 Å². The van der Waals surface area contributed by atoms with E-state index in [4.69, 9.17) is 4.74 Å². The second kappa shape index (κ2) is 5.30. The molecule has 0 aliphatic carbocycles. The molecule has 1 N–H and O–H groups in total. The van der Waals surface area contributed by atoms with E-state index in [1.54, 1.807) is 13.1 Å². The smallest absolute Gasteiger partial charge is 0.325 e. The van der Waals surface area contributed by atoms with Crippen molar-refractivity contribution in [2.24, 2.45) is 0 Å². The van der Waals surface area contributed by atoms with Gasteiger partial charge in [0.1, 0.15) is 6.54 Å². The van der Waals surface area contributed by atoms with Crippen LogP contribution < -0.4 is 5.32 Å². The number of rotatable bonds is 4. The van der Waals surface area contributed by atoms with Gasteiger partial charge in [-0.1, -0.05) is 18.2 Å². The second-order valence-corrected chi connectivity index (χ2v) is 3.53. The number of ether oxygens (including phenoxy) is 1. The monoisotopic (exact) mass is 230 g/mol. The lowest BCUT2D eigenvalue weighted by atomic mass is 10.2. The van der Waals surface area contributed by atoms with Crippen LogP contribution >= 0.6 is 0 Å². The third-order valence-electron chi connectivity index (χ3n) is 2.38. The molecule has 0 amide bonds. The minimum Gasteiger partial charge on any atom is -0.465 e. The van der Waals surface area contributed by atoms with Gasteiger partial charge in [-0.3, -0.25) is 9.78 Å². The Kier molecular flexibility index (Phi) is 3.55. The number of pyridine rings is 1. The number of carbonyl (C=O) groups excluding carboxylic acids is 1. The fraction of sp³-hybridized carbons (Fsp3) is 0.231. The second-order valence-electron chi connectivity index (χ2n) is 3.53. The van der Waals surface area contributed by atoms with Crippen molar-refractivity contribution in [1.82, 2.24) is 4.98 Å². The molecule has 0 saturated carbocycles. The molecule has 0 bridgehead atoms. The molecule has 0 radical (unpaired) electrons. The Labute approximate surface area is 99.6 Å². The van der Waals surface area contributed by atoms with Crippen molar-refractivity contribution in [3.63, 3.8) is 0 Å². The summed E-state index contributed by atoms with van der Waals surface area (Å²) >= 11 is 0. The van der Waals surface area contributed by atoms with E-state index in [9.17, 15) is 4.79 Å². The fourth-order valence-electron chi connectivity index (χ4n) is 1.63. The molecule has 88 valence electrons. The van der Waals surface area contributed by atoms with Crippen LogP contribution in [0.15, 0.2) is 36.5 Å². The van der Waals surface area contributed by atoms with Crippen LogP contribution in [0, 0.1) is 0 Å². The van der Waals surface area contributed by atoms with E-state index in [1.165, 1.54) is 0 Å². The van der Waals surface area contributed by atoms with Gasteiger partial charge in [0.2, 0.25) is 0 Å². The highest BCUT2D eigenvalue weighted by Crippen LogP contribution is 2.20. The van der Waals surface area contributed by atoms with Crippen LogP contribution in [0.4, 0.5) is 5.69 Å². The molecular formula is C13H14N2O2. The predicted octanol–water partition coefficient (Wildman–Crippen LogP) is 2.21. The van der Waals surface area contributed by atoms with Gasteiger partial charge in [0.05, 0.1) is 12.1 Å². The number of benzene rings is 1. The third kappa shape index (κ3) is 2.72. The van der Waals surface area contributed by atoms with E-state index in [-0.39, 0.29) is 12.5 Å². The molecule has 0 fully saturated rings. The predicted molar refractivity (Wildman–Crippen MR) is 66.9 cm³/mol. The number of anilines is 1. The van der Waals surface area contributed by atoms with E-state index in [0.717, 1.165) is 16.6 Å². The van der Waals surface area contributed by atoms with Crippen LogP contribution in [0.25, 0.3) is 10.9 Å². The van der Waals surface area contributed by atoms with Crippen molar-refractivity contribution < 1.29 is 9.53 Å². The first-order valence-corrected chi connectivity index (χ1v) is 5.54. The molecule has 0 saturated heterocycles. The van der Waals surface area contributed by atoms with Gasteiger partial charge >= 0.3 is 5.97 Å². The number of carbonyl (C=O) groups is 1. The lowest BCUT2D eigenvalue weighted by molar-refractivity contribution is -0.140. The molecule has 0 spiro atoms. The molecule has 0 atom stereocenters. The first kappa shape index (κ1) is 11.4. The first-order chi connectivity index (χ1) is 8.31. The zero-order chi connectivity index (χ0) is 12.1. The van der Waals surface area contributed by atoms with E-state index in [1.807, 2.05) is 30.3 Å². The normalized spacial score (nSPS) is 10.2. The average Bonchev–Trinajstić information content (AvgIpc) is 2.36. The molecule has 0 aliphatic rings. The van der Waals surface area contributed by atoms with Crippen molar-refractivity contribution in [2.75, 3.05) is 18.5 Å². The van der Waals surface area contributed by atoms with Crippen LogP contribution in [0.1, 0.15) is 6.92 Å². The summed E-state index contributed by atoms with van der Waals surface area (Å²) < 4.78 is 4.86. The molecule has 4 heteroatoms. The summed E-state index contributed by atoms with van der Waals surface area (Å²) in [5.74, 6) is -0.256. The average molecular weight is 230 g/mol. The van der Waals surface area contributed by atoms with Crippen molar-refractivity contribution >= 4 is 22.6 Å². The number of para-hydroxylation sites is 1. The minimum atomic E-state index is -0.256. The van der Waals surface area contributed by atoms with Crippen LogP contribution in [0.3, 0.4) is 0 Å². The Hall–Kier alpha value is -2.10. The lowest BCUT2D eigenvalue weighted by Gasteiger charge is -2.08. The van der Waals surface area contributed by atoms with E-state index < -0.39 is 0 Å². The van der Waals surface area contributed by atoms with Gasteiger partial charge in [-0.15, -0.1) is 0 Å². The van der Waals surface area contributed by atoms with Crippen LogP contribution in [-0.2, 0) is 9.53 Å². The summed E-state index contributed by atoms with van der Waals surface area (Å²) in [6.07, 6.45) is 1.72. The summed E-state index contributed by atoms with van der Waals surface area (Å²) in [5, 5.41) is 4.06. The van der Waals surface area contributed by atoms with E-state index >= 15 is 0 Å². The number of nitrogens with one attached hydrogen (secondary N) is 1. The van der Waals surface area contributed by atoms with Gasteiger partial charge in [0.25, 0.3) is 0 Å². The summed E-state index contributed by atoms with van der Waals surface area (Å²) in [7, 11) is 0. The molecule has 2 rings (SSSR count). The molecular weight excluding hydrogens is 216 g/mol. The van der Waals surface area contributed by atoms with Gasteiger partial charge in [-0.05, 0) is 19.1 Å². The zero-order valence-corrected chi connectivity index (χ0v) is 9.64. The standard InChI is InChI=1S/C13H14N2O2/c1-2-17-13(16)9-15-12-7-8-14-11-6-4-3-5-10(11)12/h3-8H,2,9H2,1H3,(H,14,15). The van der Waals surface area contributed by atoms with Gasteiger partial charge in [-0.25, -0.2) is 0 Å². The van der Waals surface area contributed by atoms with E-state index in [2.05, 4.69) is 10.3 Å². The third-order valence-corrected chi connectivity index (χ3v) is 2.38. The fourth-order valence-corrected chi connectivity index (χ4v) is 1.63. The van der Waals surface area contributed by atoms with Crippen molar-refractivity contribution in [3.8, 4) is 0 Å². The number of nitrogens with zero attached hydrogens (tertiary/aromatic N) is 1. The first-order valence-electron chi connectivity index (χ1n) is 5.54. The molecule has 0 unspecified atom stereocenters. The molecule has 1 aromatic heterocycles. The number of hydrogen-bond donors (Lipinski definition) is 1. The maximum absolute atomic E-state index is 11.3. The number of aromatic nitrogens is 1. The summed E-state index contributed by atoms with van der Waals surface area (Å²) in [6, 6.07) is 9.63. The molecule has 1 aromatic carbocycles. The quantitative estimate of drug-likeness (QED) is 0.818. The molecule has 0 aliphatic heterocycles. The van der Waals surface area contributed by atoms with Crippen molar-refractivity contribution in [3.05, 3.63) is 36.5 Å². The highest BCUT2D eigenvalue weighted by atomic mass is 16.5. The summed E-state index contributed by atoms with van der Waals surface area (Å²) in [5.41, 5.74) is 1.80. The van der Waals surface area contributed by atoms with Gasteiger partial charge in [0, 0.05) is 17.3 Å². The topological polar surface area (TPSA) is 51.2 Å². The Morgan fingerprint density at radius 3 is 3.00 bits per heavy atom. The highest BCUT2D eigenvalue weighted by Gasteiger charge is 2.04. The molecule has 4 nitrogen and oxygen atoms in total. The van der Waals surface area contributed by atoms with E-state index in [0.29, 0.717) is 6.61 Å². The van der Waals surface area contributed by atoms with Gasteiger partial charge in [-0.2, -0.15) is 0 Å². The van der Waals surface area contributed by atoms with Gasteiger partial charge < -0.3 is 10.1 Å². The minimum absolute atomic E-state index is 0.168. The van der Waals surface area contributed by atoms with Crippen molar-refractivity contribution in [2.45, 2.75) is 6.92 Å². The highest BCUT2D eigenvalue weighted by molar-refractivity contribution is 5.92. The number of esters is 1. The SMILES string of the molecule is CCOC(=O)CNc1ccnc2ccccc12. The van der Waals surface area contributed by atoms with Crippen LogP contribution in [-0.4, -0.2) is 24.1 Å². The van der Waals surface area contributed by atoms with Crippen molar-refractivity contribution in [1.29, 1.82) is 0 Å². The Bertz CT molecular complexity index is 520. The largest absolute Gasteiger partial charge is 0.465 e. The Morgan fingerprint density at radius 2 is 2.18 bits per heavy atom. The number of fused-ring (bicyclic) bond motifs is 1. The molecule has 2 aromatic rings. The zero-order valence-electron chi connectivity index (χ0n) is 9.64. The van der Waals surface area contributed by atoms with Crippen LogP contribution in [0.5, 0.6) is 0 Å². The van der Waals surface area contributed by atoms with Crippen LogP contribution in [0.2, 0.25) is 0 Å². The summed E-state index contributed by atoms with van der Waals surface area (Å²) in [6.45, 7) is 2.36. The Balaban J connectivity index is 2.16.